The van der Waals surface area contributed by atoms with Crippen LogP contribution in [0.15, 0.2) is 59.5 Å². The molecule has 0 aliphatic rings. The SMILES string of the molecule is CCCN(Cc1ncc(-c2ccc(OCc3ccccc3)c3ncoc23)[nH]1)C(=O)OC(C)(C)C. The molecular weight excluding hydrogens is 432 g/mol. The van der Waals surface area contributed by atoms with Gasteiger partial charge in [-0.25, -0.2) is 14.8 Å². The molecule has 0 fully saturated rings. The van der Waals surface area contributed by atoms with Crippen molar-refractivity contribution < 1.29 is 18.7 Å². The molecule has 0 saturated carbocycles. The van der Waals surface area contributed by atoms with Gasteiger partial charge >= 0.3 is 6.09 Å². The van der Waals surface area contributed by atoms with E-state index in [1.807, 2.05) is 70.2 Å². The summed E-state index contributed by atoms with van der Waals surface area (Å²) in [5.74, 6) is 1.31. The largest absolute Gasteiger partial charge is 0.486 e. The molecule has 0 aliphatic heterocycles. The summed E-state index contributed by atoms with van der Waals surface area (Å²) in [5.41, 5.74) is 3.36. The fourth-order valence-corrected chi connectivity index (χ4v) is 3.58. The van der Waals surface area contributed by atoms with Gasteiger partial charge in [0.1, 0.15) is 23.8 Å². The molecule has 0 unspecified atom stereocenters. The fourth-order valence-electron chi connectivity index (χ4n) is 3.58. The zero-order chi connectivity index (χ0) is 24.1. The lowest BCUT2D eigenvalue weighted by Gasteiger charge is -2.26. The number of carbonyl (C=O) groups excluding carboxylic acids is 1. The van der Waals surface area contributed by atoms with Crippen molar-refractivity contribution in [3.05, 3.63) is 66.4 Å². The van der Waals surface area contributed by atoms with Gasteiger partial charge in [-0.15, -0.1) is 0 Å². The van der Waals surface area contributed by atoms with Crippen molar-refractivity contribution in [1.29, 1.82) is 0 Å². The number of aromatic amines is 1. The van der Waals surface area contributed by atoms with Gasteiger partial charge in [-0.3, -0.25) is 0 Å². The second kappa shape index (κ2) is 9.99. The summed E-state index contributed by atoms with van der Waals surface area (Å²) in [4.78, 5) is 26.4. The Morgan fingerprint density at radius 1 is 1.12 bits per heavy atom. The van der Waals surface area contributed by atoms with Crippen LogP contribution in [0.1, 0.15) is 45.5 Å². The molecule has 1 amide bonds. The van der Waals surface area contributed by atoms with Gasteiger partial charge in [-0.05, 0) is 44.9 Å². The fraction of sp³-hybridized carbons (Fsp3) is 0.346. The molecule has 2 heterocycles. The Kier molecular flexibility index (Phi) is 6.86. The predicted octanol–water partition coefficient (Wildman–Crippen LogP) is 5.94. The first-order valence-corrected chi connectivity index (χ1v) is 11.4. The Labute approximate surface area is 198 Å². The van der Waals surface area contributed by atoms with Crippen LogP contribution in [0.25, 0.3) is 22.4 Å². The molecule has 8 heteroatoms. The van der Waals surface area contributed by atoms with E-state index in [9.17, 15) is 4.79 Å². The van der Waals surface area contributed by atoms with Gasteiger partial charge in [0.05, 0.1) is 18.4 Å². The molecule has 4 aromatic rings. The normalized spacial score (nSPS) is 11.5. The first-order valence-electron chi connectivity index (χ1n) is 11.4. The lowest BCUT2D eigenvalue weighted by atomic mass is 10.1. The van der Waals surface area contributed by atoms with Crippen LogP contribution < -0.4 is 4.74 Å². The number of ether oxygens (including phenoxy) is 2. The molecule has 0 radical (unpaired) electrons. The zero-order valence-electron chi connectivity index (χ0n) is 20.0. The van der Waals surface area contributed by atoms with Crippen molar-refractivity contribution in [3.63, 3.8) is 0 Å². The van der Waals surface area contributed by atoms with E-state index >= 15 is 0 Å². The number of H-pyrrole nitrogens is 1. The van der Waals surface area contributed by atoms with E-state index in [-0.39, 0.29) is 6.09 Å². The van der Waals surface area contributed by atoms with Gasteiger partial charge in [0.25, 0.3) is 0 Å². The number of oxazole rings is 1. The van der Waals surface area contributed by atoms with Gasteiger partial charge < -0.3 is 23.8 Å². The first kappa shape index (κ1) is 23.4. The number of fused-ring (bicyclic) bond motifs is 1. The average molecular weight is 463 g/mol. The summed E-state index contributed by atoms with van der Waals surface area (Å²) in [5, 5.41) is 0. The van der Waals surface area contributed by atoms with E-state index in [1.165, 1.54) is 6.39 Å². The smallest absolute Gasteiger partial charge is 0.410 e. The van der Waals surface area contributed by atoms with Crippen molar-refractivity contribution in [2.24, 2.45) is 0 Å². The van der Waals surface area contributed by atoms with Crippen molar-refractivity contribution >= 4 is 17.2 Å². The van der Waals surface area contributed by atoms with E-state index in [2.05, 4.69) is 15.0 Å². The monoisotopic (exact) mass is 462 g/mol. The van der Waals surface area contributed by atoms with Crippen molar-refractivity contribution in [2.45, 2.75) is 52.9 Å². The van der Waals surface area contributed by atoms with Crippen molar-refractivity contribution in [1.82, 2.24) is 19.9 Å². The summed E-state index contributed by atoms with van der Waals surface area (Å²) >= 11 is 0. The van der Waals surface area contributed by atoms with Crippen molar-refractivity contribution in [2.75, 3.05) is 6.54 Å². The lowest BCUT2D eigenvalue weighted by Crippen LogP contribution is -2.37. The van der Waals surface area contributed by atoms with E-state index in [4.69, 9.17) is 13.9 Å². The second-order valence-corrected chi connectivity index (χ2v) is 9.06. The number of nitrogens with one attached hydrogen (secondary N) is 1. The molecule has 0 aliphatic carbocycles. The maximum atomic E-state index is 12.6. The number of benzene rings is 2. The van der Waals surface area contributed by atoms with Gasteiger partial charge in [0.15, 0.2) is 17.5 Å². The Hall–Kier alpha value is -3.81. The van der Waals surface area contributed by atoms with Gasteiger partial charge in [-0.1, -0.05) is 37.3 Å². The van der Waals surface area contributed by atoms with Gasteiger partial charge in [-0.2, -0.15) is 0 Å². The summed E-state index contributed by atoms with van der Waals surface area (Å²) < 4.78 is 17.2. The maximum absolute atomic E-state index is 12.6. The molecule has 1 N–H and O–H groups in total. The summed E-state index contributed by atoms with van der Waals surface area (Å²) in [6, 6.07) is 13.8. The Morgan fingerprint density at radius 3 is 2.65 bits per heavy atom. The third-order valence-electron chi connectivity index (χ3n) is 5.09. The zero-order valence-corrected chi connectivity index (χ0v) is 20.0. The number of aromatic nitrogens is 3. The van der Waals surface area contributed by atoms with Crippen LogP contribution in [0.2, 0.25) is 0 Å². The minimum absolute atomic E-state index is 0.320. The van der Waals surface area contributed by atoms with E-state index in [0.29, 0.717) is 42.4 Å². The molecule has 34 heavy (non-hydrogen) atoms. The van der Waals surface area contributed by atoms with Crippen molar-refractivity contribution in [3.8, 4) is 17.0 Å². The molecule has 178 valence electrons. The molecule has 8 nitrogen and oxygen atoms in total. The summed E-state index contributed by atoms with van der Waals surface area (Å²) in [7, 11) is 0. The Balaban J connectivity index is 1.52. The number of carbonyl (C=O) groups is 1. The topological polar surface area (TPSA) is 93.5 Å². The Bertz CT molecular complexity index is 1240. The van der Waals surface area contributed by atoms with Gasteiger partial charge in [0.2, 0.25) is 0 Å². The third-order valence-corrected chi connectivity index (χ3v) is 5.09. The minimum Gasteiger partial charge on any atom is -0.486 e. The number of nitrogens with zero attached hydrogens (tertiary/aromatic N) is 3. The maximum Gasteiger partial charge on any atom is 0.410 e. The van der Waals surface area contributed by atoms with Crippen LogP contribution in [-0.2, 0) is 17.9 Å². The number of amides is 1. The lowest BCUT2D eigenvalue weighted by molar-refractivity contribution is 0.0229. The van der Waals surface area contributed by atoms with E-state index in [1.54, 1.807) is 11.1 Å². The summed E-state index contributed by atoms with van der Waals surface area (Å²) in [6.07, 6.45) is 3.60. The number of hydrogen-bond acceptors (Lipinski definition) is 6. The Morgan fingerprint density at radius 2 is 1.91 bits per heavy atom. The minimum atomic E-state index is -0.556. The predicted molar refractivity (Wildman–Crippen MR) is 129 cm³/mol. The number of rotatable bonds is 8. The highest BCUT2D eigenvalue weighted by Crippen LogP contribution is 2.33. The number of hydrogen-bond donors (Lipinski definition) is 1. The highest BCUT2D eigenvalue weighted by molar-refractivity contribution is 5.92. The third kappa shape index (κ3) is 5.57. The highest BCUT2D eigenvalue weighted by atomic mass is 16.6. The quantitative estimate of drug-likeness (QED) is 0.348. The van der Waals surface area contributed by atoms with Crippen LogP contribution in [0.4, 0.5) is 4.79 Å². The average Bonchev–Trinajstić information content (AvgIpc) is 3.47. The molecular formula is C26H30N4O4. The van der Waals surface area contributed by atoms with Gasteiger partial charge in [0, 0.05) is 12.1 Å². The van der Waals surface area contributed by atoms with Crippen LogP contribution in [0.3, 0.4) is 0 Å². The highest BCUT2D eigenvalue weighted by Gasteiger charge is 2.23. The summed E-state index contributed by atoms with van der Waals surface area (Å²) in [6.45, 7) is 8.92. The van der Waals surface area contributed by atoms with Crippen LogP contribution in [0.5, 0.6) is 5.75 Å². The van der Waals surface area contributed by atoms with Crippen LogP contribution >= 0.6 is 0 Å². The molecule has 0 atom stereocenters. The number of imidazole rings is 1. The molecule has 0 spiro atoms. The van der Waals surface area contributed by atoms with E-state index in [0.717, 1.165) is 23.2 Å². The molecule has 0 bridgehead atoms. The first-order chi connectivity index (χ1) is 16.3. The molecule has 2 aromatic heterocycles. The van der Waals surface area contributed by atoms with Crippen LogP contribution in [0, 0.1) is 0 Å². The molecule has 0 saturated heterocycles. The second-order valence-electron chi connectivity index (χ2n) is 9.06. The standard InChI is InChI=1S/C26H30N4O4/c1-5-13-30(25(31)34-26(2,3)4)15-22-27-14-20(29-22)19-11-12-21(23-24(19)33-17-28-23)32-16-18-9-7-6-8-10-18/h6-12,14,17H,5,13,15-16H2,1-4H3,(H,27,29). The van der Waals surface area contributed by atoms with E-state index < -0.39 is 5.60 Å². The molecule has 4 rings (SSSR count). The molecule has 2 aromatic carbocycles. The van der Waals surface area contributed by atoms with Crippen LogP contribution in [-0.4, -0.2) is 38.1 Å².